The molecule has 0 atom stereocenters. The van der Waals surface area contributed by atoms with Crippen LogP contribution in [0, 0.1) is 11.3 Å². The number of hydrogen-bond donors (Lipinski definition) is 3. The van der Waals surface area contributed by atoms with E-state index in [1.807, 2.05) is 30.3 Å². The van der Waals surface area contributed by atoms with Gasteiger partial charge in [-0.2, -0.15) is 20.8 Å². The van der Waals surface area contributed by atoms with E-state index < -0.39 is 10.6 Å². The Morgan fingerprint density at radius 3 is 2.53 bits per heavy atom. The summed E-state index contributed by atoms with van der Waals surface area (Å²) in [4.78, 5) is 15.2. The van der Waals surface area contributed by atoms with Crippen LogP contribution in [0.2, 0.25) is 0 Å². The van der Waals surface area contributed by atoms with E-state index in [4.69, 9.17) is 9.47 Å². The third kappa shape index (κ3) is 5.85. The molecule has 1 aromatic heterocycles. The van der Waals surface area contributed by atoms with Crippen molar-refractivity contribution in [3.8, 4) is 23.2 Å². The van der Waals surface area contributed by atoms with Gasteiger partial charge in [-0.15, -0.1) is 0 Å². The summed E-state index contributed by atoms with van der Waals surface area (Å²) in [6.07, 6.45) is 3.09. The smallest absolute Gasteiger partial charge is 0.230 e. The van der Waals surface area contributed by atoms with Crippen molar-refractivity contribution >= 4 is 27.9 Å². The van der Waals surface area contributed by atoms with Crippen LogP contribution in [0.4, 0.5) is 17.3 Å². The second-order valence-electron chi connectivity index (χ2n) is 8.75. The molecule has 36 heavy (non-hydrogen) atoms. The minimum atomic E-state index is -2.42. The van der Waals surface area contributed by atoms with E-state index in [9.17, 15) is 14.4 Å². The van der Waals surface area contributed by atoms with Crippen LogP contribution in [0.3, 0.4) is 0 Å². The van der Waals surface area contributed by atoms with Crippen molar-refractivity contribution in [2.24, 2.45) is 0 Å². The lowest BCUT2D eigenvalue weighted by Crippen LogP contribution is -2.38. The molecular formula is C25H28N6O4S. The minimum absolute atomic E-state index is 0.0463. The first-order valence-corrected chi connectivity index (χ1v) is 13.7. The summed E-state index contributed by atoms with van der Waals surface area (Å²) in [6, 6.07) is 15.4. The van der Waals surface area contributed by atoms with E-state index in [-0.39, 0.29) is 6.10 Å². The van der Waals surface area contributed by atoms with Crippen LogP contribution >= 0.6 is 10.6 Å². The first kappa shape index (κ1) is 24.3. The largest absolute Gasteiger partial charge is 0.489 e. The standard InChI is InChI=1S/C25H28N6O4S/c26-16-19-15-18(1-6-23(19)35-22-7-11-34-12-8-22)24-27-17-28-25(30-24)29-20-2-4-21(5-3-20)31-9-13-36(32,33)14-10-31/h1-6,15,17,22,32-33H,7-14H2,(H,27,28,29,30). The quantitative estimate of drug-likeness (QED) is 0.442. The lowest BCUT2D eigenvalue weighted by atomic mass is 10.1. The molecule has 0 radical (unpaired) electrons. The van der Waals surface area contributed by atoms with Crippen molar-refractivity contribution in [2.45, 2.75) is 18.9 Å². The summed E-state index contributed by atoms with van der Waals surface area (Å²) in [5, 5.41) is 12.9. The highest BCUT2D eigenvalue weighted by Gasteiger charge is 2.22. The highest BCUT2D eigenvalue weighted by atomic mass is 32.3. The average molecular weight is 509 g/mol. The molecule has 3 heterocycles. The van der Waals surface area contributed by atoms with Crippen molar-refractivity contribution < 1.29 is 18.6 Å². The van der Waals surface area contributed by atoms with Gasteiger partial charge in [-0.1, -0.05) is 0 Å². The molecule has 10 nitrogen and oxygen atoms in total. The zero-order valence-electron chi connectivity index (χ0n) is 19.7. The van der Waals surface area contributed by atoms with Gasteiger partial charge in [0, 0.05) is 42.9 Å². The number of nitriles is 1. The van der Waals surface area contributed by atoms with Crippen LogP contribution < -0.4 is 15.0 Å². The topological polar surface area (TPSA) is 137 Å². The molecule has 0 aliphatic carbocycles. The van der Waals surface area contributed by atoms with Crippen LogP contribution in [-0.4, -0.2) is 68.0 Å². The molecule has 11 heteroatoms. The third-order valence-electron chi connectivity index (χ3n) is 6.26. The average Bonchev–Trinajstić information content (AvgIpc) is 2.90. The normalized spacial score (nSPS) is 18.8. The summed E-state index contributed by atoms with van der Waals surface area (Å²) < 4.78 is 31.1. The Morgan fingerprint density at radius 1 is 1.06 bits per heavy atom. The van der Waals surface area contributed by atoms with Crippen LogP contribution in [-0.2, 0) is 4.74 Å². The predicted molar refractivity (Wildman–Crippen MR) is 139 cm³/mol. The van der Waals surface area contributed by atoms with Gasteiger partial charge in [-0.3, -0.25) is 9.11 Å². The van der Waals surface area contributed by atoms with Crippen molar-refractivity contribution in [1.82, 2.24) is 15.0 Å². The number of aromatic nitrogens is 3. The van der Waals surface area contributed by atoms with Crippen molar-refractivity contribution in [3.05, 3.63) is 54.4 Å². The number of rotatable bonds is 6. The predicted octanol–water partition coefficient (Wildman–Crippen LogP) is 4.28. The molecule has 5 rings (SSSR count). The van der Waals surface area contributed by atoms with Crippen LogP contribution in [0.5, 0.6) is 5.75 Å². The van der Waals surface area contributed by atoms with E-state index in [1.165, 1.54) is 6.33 Å². The third-order valence-corrected chi connectivity index (χ3v) is 7.93. The van der Waals surface area contributed by atoms with E-state index in [0.29, 0.717) is 66.5 Å². The first-order chi connectivity index (χ1) is 17.5. The fourth-order valence-corrected chi connectivity index (χ4v) is 5.43. The Bertz CT molecular complexity index is 1230. The Morgan fingerprint density at radius 2 is 1.81 bits per heavy atom. The van der Waals surface area contributed by atoms with Gasteiger partial charge in [-0.05, 0) is 42.5 Å². The summed E-state index contributed by atoms with van der Waals surface area (Å²) >= 11 is 0. The Hall–Kier alpha value is -3.43. The maximum absolute atomic E-state index is 9.82. The van der Waals surface area contributed by atoms with E-state index in [1.54, 1.807) is 12.1 Å². The molecule has 2 aliphatic heterocycles. The summed E-state index contributed by atoms with van der Waals surface area (Å²) in [5.41, 5.74) is 2.97. The Balaban J connectivity index is 1.26. The molecule has 0 bridgehead atoms. The Kier molecular flexibility index (Phi) is 7.20. The number of nitrogens with zero attached hydrogens (tertiary/aromatic N) is 5. The van der Waals surface area contributed by atoms with Crippen LogP contribution in [0.15, 0.2) is 48.8 Å². The second-order valence-corrected chi connectivity index (χ2v) is 11.2. The molecule has 188 valence electrons. The van der Waals surface area contributed by atoms with Crippen molar-refractivity contribution in [1.29, 1.82) is 5.26 Å². The molecule has 2 saturated heterocycles. The molecule has 2 aliphatic rings. The number of hydrogen-bond acceptors (Lipinski definition) is 10. The van der Waals surface area contributed by atoms with Gasteiger partial charge in [0.2, 0.25) is 5.95 Å². The monoisotopic (exact) mass is 508 g/mol. The number of anilines is 3. The SMILES string of the molecule is N#Cc1cc(-c2ncnc(Nc3ccc(N4CCS(O)(O)CC4)cc3)n2)ccc1OC1CCOCC1. The minimum Gasteiger partial charge on any atom is -0.489 e. The molecule has 3 aromatic rings. The highest BCUT2D eigenvalue weighted by Crippen LogP contribution is 2.41. The van der Waals surface area contributed by atoms with Gasteiger partial charge >= 0.3 is 0 Å². The van der Waals surface area contributed by atoms with Gasteiger partial charge in [0.15, 0.2) is 5.82 Å². The molecule has 0 spiro atoms. The number of benzene rings is 2. The van der Waals surface area contributed by atoms with Gasteiger partial charge in [0.25, 0.3) is 0 Å². The number of ether oxygens (including phenoxy) is 2. The van der Waals surface area contributed by atoms with Crippen molar-refractivity contribution in [3.63, 3.8) is 0 Å². The lowest BCUT2D eigenvalue weighted by Gasteiger charge is -2.41. The van der Waals surface area contributed by atoms with Gasteiger partial charge in [0.05, 0.1) is 30.3 Å². The Labute approximate surface area is 211 Å². The fraction of sp³-hybridized carbons (Fsp3) is 0.360. The molecule has 3 N–H and O–H groups in total. The van der Waals surface area contributed by atoms with Gasteiger partial charge in [-0.25, -0.2) is 9.97 Å². The molecule has 0 amide bonds. The molecular weight excluding hydrogens is 480 g/mol. The summed E-state index contributed by atoms with van der Waals surface area (Å²) in [7, 11) is -2.42. The van der Waals surface area contributed by atoms with Crippen molar-refractivity contribution in [2.75, 3.05) is 48.0 Å². The van der Waals surface area contributed by atoms with E-state index >= 15 is 0 Å². The lowest BCUT2D eigenvalue weighted by molar-refractivity contribution is 0.0254. The number of nitrogens with one attached hydrogen (secondary N) is 1. The molecule has 2 fully saturated rings. The second kappa shape index (κ2) is 10.7. The highest BCUT2D eigenvalue weighted by molar-refractivity contribution is 8.24. The van der Waals surface area contributed by atoms with Gasteiger partial charge in [0.1, 0.15) is 24.3 Å². The maximum atomic E-state index is 9.82. The zero-order valence-corrected chi connectivity index (χ0v) is 20.5. The van der Waals surface area contributed by atoms with Gasteiger partial charge < -0.3 is 19.7 Å². The first-order valence-electron chi connectivity index (χ1n) is 11.8. The molecule has 0 saturated carbocycles. The van der Waals surface area contributed by atoms with E-state index in [0.717, 1.165) is 24.2 Å². The summed E-state index contributed by atoms with van der Waals surface area (Å²) in [6.45, 7) is 2.58. The van der Waals surface area contributed by atoms with Crippen LogP contribution in [0.1, 0.15) is 18.4 Å². The zero-order chi connectivity index (χ0) is 25.0. The summed E-state index contributed by atoms with van der Waals surface area (Å²) in [5.74, 6) is 2.19. The fourth-order valence-electron chi connectivity index (χ4n) is 4.20. The van der Waals surface area contributed by atoms with E-state index in [2.05, 4.69) is 31.2 Å². The molecule has 0 unspecified atom stereocenters. The maximum Gasteiger partial charge on any atom is 0.230 e. The van der Waals surface area contributed by atoms with Crippen LogP contribution in [0.25, 0.3) is 11.4 Å². The molecule has 2 aromatic carbocycles.